The number of hydrogen-bond donors (Lipinski definition) is 1. The van der Waals surface area contributed by atoms with Crippen LogP contribution in [-0.2, 0) is 25.7 Å². The standard InChI is InChI=1S/C16H20N4/c1-3-14-15(4-2)19-20-16(18-14)17-13-9-11-7-5-6-8-12(11)10-13/h5-8,13H,3-4,9-10H2,1-2H3,(H,17,18,20). The number of hydrogen-bond acceptors (Lipinski definition) is 4. The van der Waals surface area contributed by atoms with Crippen molar-refractivity contribution in [3.05, 3.63) is 46.8 Å². The summed E-state index contributed by atoms with van der Waals surface area (Å²) in [5.74, 6) is 0.664. The highest BCUT2D eigenvalue weighted by molar-refractivity contribution is 5.38. The lowest BCUT2D eigenvalue weighted by atomic mass is 10.1. The van der Waals surface area contributed by atoms with Gasteiger partial charge in [-0.05, 0) is 36.8 Å². The van der Waals surface area contributed by atoms with Crippen LogP contribution in [0.15, 0.2) is 24.3 Å². The highest BCUT2D eigenvalue weighted by Gasteiger charge is 2.21. The summed E-state index contributed by atoms with van der Waals surface area (Å²) in [4.78, 5) is 4.60. The first kappa shape index (κ1) is 13.0. The molecule has 20 heavy (non-hydrogen) atoms. The van der Waals surface area contributed by atoms with E-state index in [1.165, 1.54) is 11.1 Å². The molecule has 0 saturated heterocycles. The average Bonchev–Trinajstić information content (AvgIpc) is 2.89. The maximum absolute atomic E-state index is 4.60. The van der Waals surface area contributed by atoms with E-state index >= 15 is 0 Å². The minimum absolute atomic E-state index is 0.381. The van der Waals surface area contributed by atoms with Crippen molar-refractivity contribution in [2.24, 2.45) is 0 Å². The van der Waals surface area contributed by atoms with Crippen LogP contribution in [0, 0.1) is 0 Å². The summed E-state index contributed by atoms with van der Waals surface area (Å²) in [6.07, 6.45) is 3.86. The van der Waals surface area contributed by atoms with Crippen LogP contribution < -0.4 is 5.32 Å². The molecule has 1 aromatic carbocycles. The third kappa shape index (κ3) is 2.50. The molecular weight excluding hydrogens is 248 g/mol. The van der Waals surface area contributed by atoms with E-state index in [0.29, 0.717) is 12.0 Å². The highest BCUT2D eigenvalue weighted by atomic mass is 15.2. The van der Waals surface area contributed by atoms with Crippen molar-refractivity contribution in [2.45, 2.75) is 45.6 Å². The molecule has 0 bridgehead atoms. The van der Waals surface area contributed by atoms with Crippen LogP contribution in [-0.4, -0.2) is 21.2 Å². The fourth-order valence-corrected chi connectivity index (χ4v) is 2.84. The maximum Gasteiger partial charge on any atom is 0.243 e. The van der Waals surface area contributed by atoms with Gasteiger partial charge in [-0.25, -0.2) is 4.98 Å². The van der Waals surface area contributed by atoms with Gasteiger partial charge < -0.3 is 5.32 Å². The number of fused-ring (bicyclic) bond motifs is 1. The number of anilines is 1. The summed E-state index contributed by atoms with van der Waals surface area (Å²) in [5.41, 5.74) is 4.92. The van der Waals surface area contributed by atoms with Crippen LogP contribution in [0.2, 0.25) is 0 Å². The molecule has 0 saturated carbocycles. The van der Waals surface area contributed by atoms with Crippen LogP contribution in [0.1, 0.15) is 36.4 Å². The first-order valence-electron chi connectivity index (χ1n) is 7.36. The van der Waals surface area contributed by atoms with Crippen molar-refractivity contribution >= 4 is 5.95 Å². The third-order valence-corrected chi connectivity index (χ3v) is 3.89. The van der Waals surface area contributed by atoms with Crippen molar-refractivity contribution < 1.29 is 0 Å². The Kier molecular flexibility index (Phi) is 3.63. The summed E-state index contributed by atoms with van der Waals surface area (Å²) in [6.45, 7) is 4.20. The van der Waals surface area contributed by atoms with E-state index in [0.717, 1.165) is 37.1 Å². The topological polar surface area (TPSA) is 50.7 Å². The van der Waals surface area contributed by atoms with Gasteiger partial charge in [0, 0.05) is 6.04 Å². The predicted molar refractivity (Wildman–Crippen MR) is 79.8 cm³/mol. The number of aryl methyl sites for hydroxylation is 2. The number of aromatic nitrogens is 3. The molecule has 0 spiro atoms. The number of nitrogens with zero attached hydrogens (tertiary/aromatic N) is 3. The number of nitrogens with one attached hydrogen (secondary N) is 1. The largest absolute Gasteiger partial charge is 0.350 e. The smallest absolute Gasteiger partial charge is 0.243 e. The zero-order valence-electron chi connectivity index (χ0n) is 12.1. The maximum atomic E-state index is 4.60. The van der Waals surface area contributed by atoms with Crippen LogP contribution >= 0.6 is 0 Å². The summed E-state index contributed by atoms with van der Waals surface area (Å²) in [5, 5.41) is 11.9. The van der Waals surface area contributed by atoms with E-state index in [-0.39, 0.29) is 0 Å². The fourth-order valence-electron chi connectivity index (χ4n) is 2.84. The molecule has 0 fully saturated rings. The van der Waals surface area contributed by atoms with E-state index in [1.54, 1.807) is 0 Å². The molecule has 0 unspecified atom stereocenters. The number of rotatable bonds is 4. The monoisotopic (exact) mass is 268 g/mol. The van der Waals surface area contributed by atoms with Gasteiger partial charge in [0.05, 0.1) is 11.4 Å². The molecule has 1 aromatic heterocycles. The summed E-state index contributed by atoms with van der Waals surface area (Å²) < 4.78 is 0. The molecule has 1 aliphatic rings. The minimum Gasteiger partial charge on any atom is -0.350 e. The van der Waals surface area contributed by atoms with Gasteiger partial charge in [-0.3, -0.25) is 0 Å². The fraction of sp³-hybridized carbons (Fsp3) is 0.438. The van der Waals surface area contributed by atoms with Gasteiger partial charge in [0.2, 0.25) is 5.95 Å². The number of benzene rings is 1. The molecule has 2 aromatic rings. The molecule has 0 amide bonds. The lowest BCUT2D eigenvalue weighted by Gasteiger charge is -2.12. The van der Waals surface area contributed by atoms with Gasteiger partial charge in [0.25, 0.3) is 0 Å². The molecule has 104 valence electrons. The molecule has 0 radical (unpaired) electrons. The van der Waals surface area contributed by atoms with Crippen LogP contribution in [0.3, 0.4) is 0 Å². The van der Waals surface area contributed by atoms with Crippen molar-refractivity contribution in [3.63, 3.8) is 0 Å². The predicted octanol–water partition coefficient (Wildman–Crippen LogP) is 2.58. The molecule has 1 heterocycles. The van der Waals surface area contributed by atoms with Crippen LogP contribution in [0.4, 0.5) is 5.95 Å². The minimum atomic E-state index is 0.381. The molecule has 0 atom stereocenters. The Hall–Kier alpha value is -1.97. The Balaban J connectivity index is 1.74. The third-order valence-electron chi connectivity index (χ3n) is 3.89. The van der Waals surface area contributed by atoms with Crippen molar-refractivity contribution in [1.29, 1.82) is 0 Å². The molecule has 0 aliphatic heterocycles. The van der Waals surface area contributed by atoms with E-state index < -0.39 is 0 Å². The lowest BCUT2D eigenvalue weighted by Crippen LogP contribution is -2.22. The van der Waals surface area contributed by atoms with Gasteiger partial charge in [0.15, 0.2) is 0 Å². The van der Waals surface area contributed by atoms with E-state index in [1.807, 2.05) is 0 Å². The quantitative estimate of drug-likeness (QED) is 0.926. The first-order valence-corrected chi connectivity index (χ1v) is 7.36. The second-order valence-corrected chi connectivity index (χ2v) is 5.25. The van der Waals surface area contributed by atoms with E-state index in [4.69, 9.17) is 0 Å². The molecule has 1 N–H and O–H groups in total. The molecule has 1 aliphatic carbocycles. The Bertz CT molecular complexity index is 584. The second kappa shape index (κ2) is 5.57. The van der Waals surface area contributed by atoms with Crippen molar-refractivity contribution in [3.8, 4) is 0 Å². The van der Waals surface area contributed by atoms with E-state index in [9.17, 15) is 0 Å². The summed E-state index contributed by atoms with van der Waals surface area (Å²) in [6, 6.07) is 8.99. The van der Waals surface area contributed by atoms with Gasteiger partial charge in [0.1, 0.15) is 0 Å². The Labute approximate surface area is 119 Å². The van der Waals surface area contributed by atoms with Crippen LogP contribution in [0.25, 0.3) is 0 Å². The lowest BCUT2D eigenvalue weighted by molar-refractivity contribution is 0.739. The Morgan fingerprint density at radius 2 is 1.65 bits per heavy atom. The van der Waals surface area contributed by atoms with Crippen LogP contribution in [0.5, 0.6) is 0 Å². The molecule has 4 nitrogen and oxygen atoms in total. The zero-order valence-corrected chi connectivity index (χ0v) is 12.1. The van der Waals surface area contributed by atoms with Crippen molar-refractivity contribution in [1.82, 2.24) is 15.2 Å². The first-order chi connectivity index (χ1) is 9.80. The molecule has 4 heteroatoms. The normalized spacial score (nSPS) is 14.3. The average molecular weight is 268 g/mol. The van der Waals surface area contributed by atoms with Gasteiger partial charge in [-0.1, -0.05) is 38.1 Å². The Morgan fingerprint density at radius 1 is 1.00 bits per heavy atom. The zero-order chi connectivity index (χ0) is 13.9. The Morgan fingerprint density at radius 3 is 2.25 bits per heavy atom. The molecule has 3 rings (SSSR count). The second-order valence-electron chi connectivity index (χ2n) is 5.25. The van der Waals surface area contributed by atoms with Gasteiger partial charge in [-0.2, -0.15) is 5.10 Å². The van der Waals surface area contributed by atoms with Crippen molar-refractivity contribution in [2.75, 3.05) is 5.32 Å². The summed E-state index contributed by atoms with van der Waals surface area (Å²) >= 11 is 0. The molecular formula is C16H20N4. The highest BCUT2D eigenvalue weighted by Crippen LogP contribution is 2.23. The van der Waals surface area contributed by atoms with Gasteiger partial charge >= 0.3 is 0 Å². The SMILES string of the molecule is CCc1nnc(NC2Cc3ccccc3C2)nc1CC. The van der Waals surface area contributed by atoms with Gasteiger partial charge in [-0.15, -0.1) is 5.10 Å². The van der Waals surface area contributed by atoms with E-state index in [2.05, 4.69) is 58.6 Å². The summed E-state index contributed by atoms with van der Waals surface area (Å²) in [7, 11) is 0.